The van der Waals surface area contributed by atoms with E-state index in [0.29, 0.717) is 30.4 Å². The average molecular weight is 283 g/mol. The summed E-state index contributed by atoms with van der Waals surface area (Å²) < 4.78 is 5.86. The van der Waals surface area contributed by atoms with Gasteiger partial charge in [0.2, 0.25) is 0 Å². The lowest BCUT2D eigenvalue weighted by molar-refractivity contribution is -0.137. The van der Waals surface area contributed by atoms with E-state index in [1.165, 1.54) is 19.4 Å². The molecule has 2 aliphatic heterocycles. The van der Waals surface area contributed by atoms with E-state index in [1.54, 1.807) is 0 Å². The molecule has 2 heterocycles. The van der Waals surface area contributed by atoms with E-state index >= 15 is 0 Å². The van der Waals surface area contributed by atoms with Crippen molar-refractivity contribution in [1.82, 2.24) is 4.90 Å². The van der Waals surface area contributed by atoms with Crippen LogP contribution in [0.25, 0.3) is 0 Å². The van der Waals surface area contributed by atoms with Gasteiger partial charge in [-0.2, -0.15) is 0 Å². The third-order valence-electron chi connectivity index (χ3n) is 4.86. The summed E-state index contributed by atoms with van der Waals surface area (Å²) >= 11 is 0. The molecule has 1 N–H and O–H groups in total. The van der Waals surface area contributed by atoms with Crippen molar-refractivity contribution in [2.24, 2.45) is 11.8 Å². The number of carboxylic acids is 1. The van der Waals surface area contributed by atoms with Crippen LogP contribution in [0.5, 0.6) is 0 Å². The van der Waals surface area contributed by atoms with Crippen LogP contribution in [0.2, 0.25) is 0 Å². The molecule has 4 heteroatoms. The van der Waals surface area contributed by atoms with E-state index < -0.39 is 5.97 Å². The number of ether oxygens (including phenoxy) is 1. The third-order valence-corrected chi connectivity index (χ3v) is 4.86. The molecule has 0 aliphatic carbocycles. The van der Waals surface area contributed by atoms with Crippen molar-refractivity contribution in [1.29, 1.82) is 0 Å². The lowest BCUT2D eigenvalue weighted by Gasteiger charge is -2.42. The maximum atomic E-state index is 10.7. The van der Waals surface area contributed by atoms with Gasteiger partial charge in [0.05, 0.1) is 6.10 Å². The molecule has 0 aromatic rings. The Morgan fingerprint density at radius 2 is 2.20 bits per heavy atom. The van der Waals surface area contributed by atoms with E-state index in [-0.39, 0.29) is 0 Å². The molecule has 0 radical (unpaired) electrons. The summed E-state index contributed by atoms with van der Waals surface area (Å²) in [5.41, 5.74) is 0. The van der Waals surface area contributed by atoms with Crippen LogP contribution in [0, 0.1) is 11.8 Å². The van der Waals surface area contributed by atoms with Crippen LogP contribution in [0.15, 0.2) is 0 Å². The first-order valence-electron chi connectivity index (χ1n) is 8.13. The van der Waals surface area contributed by atoms with Gasteiger partial charge in [0.15, 0.2) is 0 Å². The van der Waals surface area contributed by atoms with E-state index in [9.17, 15) is 4.79 Å². The molecular formula is C16H29NO3. The van der Waals surface area contributed by atoms with Gasteiger partial charge in [0, 0.05) is 25.6 Å². The van der Waals surface area contributed by atoms with Crippen LogP contribution in [0.3, 0.4) is 0 Å². The number of rotatable bonds is 5. The maximum absolute atomic E-state index is 10.7. The molecule has 0 spiro atoms. The minimum atomic E-state index is -0.659. The van der Waals surface area contributed by atoms with Crippen LogP contribution in [0.1, 0.15) is 52.4 Å². The Kier molecular flexibility index (Phi) is 5.85. The SMILES string of the molecule is CC(C)C1CC(N2CCCC(CCC(=O)O)C2)CCO1. The number of carbonyl (C=O) groups is 1. The molecular weight excluding hydrogens is 254 g/mol. The first-order valence-corrected chi connectivity index (χ1v) is 8.13. The smallest absolute Gasteiger partial charge is 0.303 e. The zero-order valence-corrected chi connectivity index (χ0v) is 12.9. The van der Waals surface area contributed by atoms with Crippen molar-refractivity contribution in [2.75, 3.05) is 19.7 Å². The molecule has 116 valence electrons. The van der Waals surface area contributed by atoms with Gasteiger partial charge in [-0.15, -0.1) is 0 Å². The summed E-state index contributed by atoms with van der Waals surface area (Å²) in [6.45, 7) is 7.61. The number of piperidine rings is 1. The average Bonchev–Trinajstić information content (AvgIpc) is 2.45. The number of likely N-dealkylation sites (tertiary alicyclic amines) is 1. The standard InChI is InChI=1S/C16H29NO3/c1-12(2)15-10-14(7-9-20-15)17-8-3-4-13(11-17)5-6-16(18)19/h12-15H,3-11H2,1-2H3,(H,18,19). The Morgan fingerprint density at radius 1 is 1.40 bits per heavy atom. The minimum absolute atomic E-state index is 0.320. The largest absolute Gasteiger partial charge is 0.481 e. The number of nitrogens with zero attached hydrogens (tertiary/aromatic N) is 1. The highest BCUT2D eigenvalue weighted by atomic mass is 16.5. The van der Waals surface area contributed by atoms with E-state index in [1.807, 2.05) is 0 Å². The number of carboxylic acid groups (broad SMARTS) is 1. The minimum Gasteiger partial charge on any atom is -0.481 e. The molecule has 0 saturated carbocycles. The highest BCUT2D eigenvalue weighted by Gasteiger charge is 2.31. The zero-order valence-electron chi connectivity index (χ0n) is 12.9. The number of aliphatic carboxylic acids is 1. The highest BCUT2D eigenvalue weighted by molar-refractivity contribution is 5.66. The van der Waals surface area contributed by atoms with Crippen LogP contribution >= 0.6 is 0 Å². The van der Waals surface area contributed by atoms with Gasteiger partial charge in [0.1, 0.15) is 0 Å². The molecule has 4 nitrogen and oxygen atoms in total. The highest BCUT2D eigenvalue weighted by Crippen LogP contribution is 2.29. The lowest BCUT2D eigenvalue weighted by Crippen LogP contribution is -2.47. The molecule has 2 rings (SSSR count). The molecule has 0 amide bonds. The van der Waals surface area contributed by atoms with Crippen LogP contribution in [0.4, 0.5) is 0 Å². The van der Waals surface area contributed by atoms with Crippen LogP contribution < -0.4 is 0 Å². The molecule has 2 aliphatic rings. The first-order chi connectivity index (χ1) is 9.56. The van der Waals surface area contributed by atoms with E-state index in [4.69, 9.17) is 9.84 Å². The second kappa shape index (κ2) is 7.41. The Bertz CT molecular complexity index is 319. The van der Waals surface area contributed by atoms with Gasteiger partial charge in [-0.3, -0.25) is 9.69 Å². The summed E-state index contributed by atoms with van der Waals surface area (Å²) in [5.74, 6) is 0.499. The van der Waals surface area contributed by atoms with Gasteiger partial charge in [-0.1, -0.05) is 13.8 Å². The van der Waals surface area contributed by atoms with Gasteiger partial charge >= 0.3 is 5.97 Å². The number of hydrogen-bond donors (Lipinski definition) is 1. The fraction of sp³-hybridized carbons (Fsp3) is 0.938. The molecule has 20 heavy (non-hydrogen) atoms. The molecule has 0 aromatic carbocycles. The van der Waals surface area contributed by atoms with Gasteiger partial charge in [0.25, 0.3) is 0 Å². The fourth-order valence-corrected chi connectivity index (χ4v) is 3.60. The van der Waals surface area contributed by atoms with Crippen molar-refractivity contribution >= 4 is 5.97 Å². The number of hydrogen-bond acceptors (Lipinski definition) is 3. The van der Waals surface area contributed by atoms with E-state index in [0.717, 1.165) is 32.4 Å². The normalized spacial score (nSPS) is 32.5. The second-order valence-electron chi connectivity index (χ2n) is 6.77. The van der Waals surface area contributed by atoms with Crippen LogP contribution in [-0.4, -0.2) is 47.8 Å². The Hall–Kier alpha value is -0.610. The summed E-state index contributed by atoms with van der Waals surface area (Å²) in [7, 11) is 0. The van der Waals surface area contributed by atoms with Crippen LogP contribution in [-0.2, 0) is 9.53 Å². The van der Waals surface area contributed by atoms with Crippen molar-refractivity contribution in [2.45, 2.75) is 64.5 Å². The quantitative estimate of drug-likeness (QED) is 0.843. The molecule has 3 unspecified atom stereocenters. The molecule has 2 fully saturated rings. The summed E-state index contributed by atoms with van der Waals surface area (Å²) in [5, 5.41) is 8.82. The van der Waals surface area contributed by atoms with E-state index in [2.05, 4.69) is 18.7 Å². The van der Waals surface area contributed by atoms with Crippen molar-refractivity contribution < 1.29 is 14.6 Å². The van der Waals surface area contributed by atoms with Gasteiger partial charge in [-0.25, -0.2) is 0 Å². The van der Waals surface area contributed by atoms with Crippen molar-refractivity contribution in [3.05, 3.63) is 0 Å². The Morgan fingerprint density at radius 3 is 2.90 bits per heavy atom. The van der Waals surface area contributed by atoms with Gasteiger partial charge < -0.3 is 9.84 Å². The molecule has 3 atom stereocenters. The second-order valence-corrected chi connectivity index (χ2v) is 6.77. The predicted octanol–water partition coefficient (Wildman–Crippen LogP) is 2.77. The van der Waals surface area contributed by atoms with Gasteiger partial charge in [-0.05, 0) is 50.5 Å². The fourth-order valence-electron chi connectivity index (χ4n) is 3.60. The Labute approximate surface area is 122 Å². The molecule has 0 aromatic heterocycles. The zero-order chi connectivity index (χ0) is 14.5. The molecule has 2 saturated heterocycles. The summed E-state index contributed by atoms with van der Waals surface area (Å²) in [6, 6.07) is 0.642. The Balaban J connectivity index is 1.83. The topological polar surface area (TPSA) is 49.8 Å². The third kappa shape index (κ3) is 4.45. The van der Waals surface area contributed by atoms with Crippen molar-refractivity contribution in [3.8, 4) is 0 Å². The first kappa shape index (κ1) is 15.8. The maximum Gasteiger partial charge on any atom is 0.303 e. The predicted molar refractivity (Wildman–Crippen MR) is 78.8 cm³/mol. The summed E-state index contributed by atoms with van der Waals surface area (Å²) in [6.07, 6.45) is 6.24. The summed E-state index contributed by atoms with van der Waals surface area (Å²) in [4.78, 5) is 13.3. The monoisotopic (exact) mass is 283 g/mol. The molecule has 0 bridgehead atoms. The lowest BCUT2D eigenvalue weighted by atomic mass is 9.89. The van der Waals surface area contributed by atoms with Crippen molar-refractivity contribution in [3.63, 3.8) is 0 Å².